The predicted octanol–water partition coefficient (Wildman–Crippen LogP) is 12.5. The smallest absolute Gasteiger partial charge is 0.165 e. The Morgan fingerprint density at radius 2 is 0.863 bits per heavy atom. The quantitative estimate of drug-likeness (QED) is 0.186. The van der Waals surface area contributed by atoms with Gasteiger partial charge in [0.05, 0.1) is 16.6 Å². The molecule has 0 saturated carbocycles. The zero-order valence-corrected chi connectivity index (χ0v) is 27.7. The van der Waals surface area contributed by atoms with Crippen LogP contribution in [0.4, 0.5) is 0 Å². The summed E-state index contributed by atoms with van der Waals surface area (Å²) in [6.45, 7) is 0. The van der Waals surface area contributed by atoms with E-state index in [4.69, 9.17) is 9.97 Å². The van der Waals surface area contributed by atoms with Crippen LogP contribution in [0.15, 0.2) is 188 Å². The van der Waals surface area contributed by atoms with Crippen LogP contribution >= 0.6 is 0 Å². The number of para-hydroxylation sites is 1. The molecule has 0 unspecified atom stereocenters. The highest BCUT2D eigenvalue weighted by molar-refractivity contribution is 6.08. The highest BCUT2D eigenvalue weighted by Crippen LogP contribution is 2.36. The van der Waals surface area contributed by atoms with Crippen LogP contribution in [0.1, 0.15) is 0 Å². The molecular weight excluding hydrogens is 619 g/mol. The molecule has 10 aromatic rings. The minimum absolute atomic E-state index is 0.856. The van der Waals surface area contributed by atoms with E-state index >= 15 is 0 Å². The molecule has 0 N–H and O–H groups in total. The van der Waals surface area contributed by atoms with Gasteiger partial charge in [-0.2, -0.15) is 0 Å². The number of hydrogen-bond acceptors (Lipinski definition) is 2. The van der Waals surface area contributed by atoms with E-state index in [1.54, 1.807) is 0 Å². The summed E-state index contributed by atoms with van der Waals surface area (Å²) in [7, 11) is 0. The molecule has 0 atom stereocenters. The summed E-state index contributed by atoms with van der Waals surface area (Å²) in [5.74, 6) is 0. The first-order valence-electron chi connectivity index (χ1n) is 17.3. The van der Waals surface area contributed by atoms with Gasteiger partial charge in [-0.3, -0.25) is 4.57 Å². The summed E-state index contributed by atoms with van der Waals surface area (Å²) in [4.78, 5) is 10.6. The van der Waals surface area contributed by atoms with Crippen LogP contribution in [0, 0.1) is 0 Å². The molecule has 8 aromatic carbocycles. The summed E-state index contributed by atoms with van der Waals surface area (Å²) < 4.78 is 2.25. The minimum Gasteiger partial charge on any atom is -0.293 e. The Balaban J connectivity index is 1.11. The Morgan fingerprint density at radius 3 is 1.55 bits per heavy atom. The van der Waals surface area contributed by atoms with E-state index in [1.165, 1.54) is 44.2 Å². The molecule has 3 nitrogen and oxygen atoms in total. The van der Waals surface area contributed by atoms with Gasteiger partial charge in [0.1, 0.15) is 5.52 Å². The van der Waals surface area contributed by atoms with Crippen LogP contribution in [0.2, 0.25) is 0 Å². The maximum atomic E-state index is 5.32. The Bertz CT molecular complexity index is 2830. The monoisotopic (exact) mass is 649 g/mol. The number of fused-ring (bicyclic) bond motifs is 5. The minimum atomic E-state index is 0.856. The number of rotatable bonds is 5. The van der Waals surface area contributed by atoms with Crippen LogP contribution in [-0.4, -0.2) is 14.5 Å². The zero-order valence-electron chi connectivity index (χ0n) is 27.7. The third-order valence-corrected chi connectivity index (χ3v) is 9.93. The molecule has 0 aliphatic rings. The molecule has 2 aromatic heterocycles. The van der Waals surface area contributed by atoms with Gasteiger partial charge in [0.25, 0.3) is 0 Å². The molecule has 3 heteroatoms. The van der Waals surface area contributed by atoms with Crippen LogP contribution in [0.3, 0.4) is 0 Å². The largest absolute Gasteiger partial charge is 0.293 e. The Hall–Kier alpha value is -6.84. The van der Waals surface area contributed by atoms with Crippen molar-refractivity contribution >= 4 is 43.9 Å². The van der Waals surface area contributed by atoms with Crippen molar-refractivity contribution in [3.8, 4) is 50.2 Å². The van der Waals surface area contributed by atoms with Gasteiger partial charge in [-0.15, -0.1) is 0 Å². The van der Waals surface area contributed by atoms with Crippen molar-refractivity contribution in [3.63, 3.8) is 0 Å². The standard InChI is InChI=1S/C48H31N3/c1-4-12-32(13-5-1)35-20-21-37-30-42(24-22-36(37)26-35)51-46-19-11-10-18-43(46)47-48(51)50-44-25-23-38(31-45(44)49-47)41-28-39(33-14-6-2-7-15-33)27-40(29-41)34-16-8-3-9-17-34/h1-31H. The van der Waals surface area contributed by atoms with Gasteiger partial charge in [-0.25, -0.2) is 9.97 Å². The molecule has 0 bridgehead atoms. The lowest BCUT2D eigenvalue weighted by molar-refractivity contribution is 1.14. The van der Waals surface area contributed by atoms with Gasteiger partial charge in [-0.1, -0.05) is 133 Å². The zero-order chi connectivity index (χ0) is 33.7. The van der Waals surface area contributed by atoms with E-state index in [-0.39, 0.29) is 0 Å². The molecule has 10 rings (SSSR count). The number of benzene rings is 8. The number of aromatic nitrogens is 3. The normalized spacial score (nSPS) is 11.5. The van der Waals surface area contributed by atoms with Crippen LogP contribution in [0.5, 0.6) is 0 Å². The van der Waals surface area contributed by atoms with Crippen molar-refractivity contribution < 1.29 is 0 Å². The van der Waals surface area contributed by atoms with E-state index in [0.29, 0.717) is 0 Å². The second-order valence-corrected chi connectivity index (χ2v) is 13.1. The summed E-state index contributed by atoms with van der Waals surface area (Å²) in [6, 6.07) is 66.9. The molecule has 0 amide bonds. The maximum Gasteiger partial charge on any atom is 0.165 e. The van der Waals surface area contributed by atoms with Gasteiger partial charge in [-0.05, 0) is 110 Å². The van der Waals surface area contributed by atoms with Gasteiger partial charge in [0.15, 0.2) is 5.65 Å². The average Bonchev–Trinajstić information content (AvgIpc) is 3.53. The van der Waals surface area contributed by atoms with Gasteiger partial charge in [0, 0.05) is 11.1 Å². The maximum absolute atomic E-state index is 5.32. The highest BCUT2D eigenvalue weighted by Gasteiger charge is 2.17. The fourth-order valence-corrected chi connectivity index (χ4v) is 7.38. The first kappa shape index (κ1) is 29.1. The van der Waals surface area contributed by atoms with Crippen LogP contribution < -0.4 is 0 Å². The topological polar surface area (TPSA) is 30.7 Å². The molecule has 51 heavy (non-hydrogen) atoms. The summed E-state index contributed by atoms with van der Waals surface area (Å²) in [6.07, 6.45) is 0. The van der Waals surface area contributed by atoms with Gasteiger partial charge in [0.2, 0.25) is 0 Å². The highest BCUT2D eigenvalue weighted by atomic mass is 15.1. The lowest BCUT2D eigenvalue weighted by Gasteiger charge is -2.12. The fourth-order valence-electron chi connectivity index (χ4n) is 7.38. The van der Waals surface area contributed by atoms with Crippen molar-refractivity contribution in [2.75, 3.05) is 0 Å². The van der Waals surface area contributed by atoms with Crippen LogP contribution in [-0.2, 0) is 0 Å². The summed E-state index contributed by atoms with van der Waals surface area (Å²) in [5.41, 5.74) is 15.1. The van der Waals surface area contributed by atoms with E-state index in [9.17, 15) is 0 Å². The summed E-state index contributed by atoms with van der Waals surface area (Å²) >= 11 is 0. The second kappa shape index (κ2) is 11.9. The molecule has 0 fully saturated rings. The number of nitrogens with zero attached hydrogens (tertiary/aromatic N) is 3. The van der Waals surface area contributed by atoms with Crippen molar-refractivity contribution in [1.29, 1.82) is 0 Å². The fraction of sp³-hybridized carbons (Fsp3) is 0. The predicted molar refractivity (Wildman–Crippen MR) is 213 cm³/mol. The average molecular weight is 650 g/mol. The van der Waals surface area contributed by atoms with E-state index in [0.717, 1.165) is 49.9 Å². The van der Waals surface area contributed by atoms with Gasteiger partial charge < -0.3 is 0 Å². The third-order valence-electron chi connectivity index (χ3n) is 9.93. The first-order chi connectivity index (χ1) is 25.2. The van der Waals surface area contributed by atoms with Crippen molar-refractivity contribution in [1.82, 2.24) is 14.5 Å². The Morgan fingerprint density at radius 1 is 0.333 bits per heavy atom. The second-order valence-electron chi connectivity index (χ2n) is 13.1. The molecule has 0 aliphatic heterocycles. The van der Waals surface area contributed by atoms with Crippen molar-refractivity contribution in [2.45, 2.75) is 0 Å². The molecule has 0 saturated heterocycles. The van der Waals surface area contributed by atoms with E-state index in [2.05, 4.69) is 193 Å². The first-order valence-corrected chi connectivity index (χ1v) is 17.3. The Kier molecular flexibility index (Phi) is 6.81. The Labute approximate surface area is 295 Å². The SMILES string of the molecule is c1ccc(-c2cc(-c3ccccc3)cc(-c3ccc4nc5c(nc4c3)c3ccccc3n5-c3ccc4cc(-c5ccccc5)ccc4c3)c2)cc1. The molecule has 0 spiro atoms. The summed E-state index contributed by atoms with van der Waals surface area (Å²) in [5, 5.41) is 3.48. The third kappa shape index (κ3) is 5.15. The molecule has 0 aliphatic carbocycles. The molecule has 2 heterocycles. The van der Waals surface area contributed by atoms with E-state index < -0.39 is 0 Å². The van der Waals surface area contributed by atoms with Gasteiger partial charge >= 0.3 is 0 Å². The lowest BCUT2D eigenvalue weighted by atomic mass is 9.93. The molecule has 0 radical (unpaired) electrons. The molecule has 238 valence electrons. The molecular formula is C48H31N3. The van der Waals surface area contributed by atoms with Crippen molar-refractivity contribution in [2.24, 2.45) is 0 Å². The lowest BCUT2D eigenvalue weighted by Crippen LogP contribution is -1.97. The van der Waals surface area contributed by atoms with E-state index in [1.807, 2.05) is 0 Å². The number of hydrogen-bond donors (Lipinski definition) is 0. The van der Waals surface area contributed by atoms with Crippen molar-refractivity contribution in [3.05, 3.63) is 188 Å². The van der Waals surface area contributed by atoms with Crippen LogP contribution in [0.25, 0.3) is 94.1 Å².